The minimum Gasteiger partial charge on any atom is -0.299 e. The van der Waals surface area contributed by atoms with E-state index in [1.807, 2.05) is 0 Å². The van der Waals surface area contributed by atoms with Gasteiger partial charge >= 0.3 is 18.0 Å². The number of halogens is 8. The van der Waals surface area contributed by atoms with E-state index < -0.39 is 23.8 Å². The third kappa shape index (κ3) is 4.79. The fourth-order valence-corrected chi connectivity index (χ4v) is 0.399. The molecule has 0 bridgehead atoms. The van der Waals surface area contributed by atoms with Crippen LogP contribution in [0.2, 0.25) is 0 Å². The second-order valence-electron chi connectivity index (χ2n) is 3.04. The number of ketones is 2. The zero-order valence-electron chi connectivity index (χ0n) is 9.05. The van der Waals surface area contributed by atoms with Gasteiger partial charge in [0.05, 0.1) is 5.88 Å². The summed E-state index contributed by atoms with van der Waals surface area (Å²) in [6.45, 7) is 1.41. The van der Waals surface area contributed by atoms with Crippen LogP contribution in [-0.4, -0.2) is 35.5 Å². The Hall–Kier alpha value is -0.860. The van der Waals surface area contributed by atoms with Crippen molar-refractivity contribution >= 4 is 23.2 Å². The van der Waals surface area contributed by atoms with Crippen molar-refractivity contribution < 1.29 is 40.3 Å². The quantitative estimate of drug-likeness (QED) is 0.592. The Morgan fingerprint density at radius 3 is 1.28 bits per heavy atom. The maximum atomic E-state index is 12.0. The van der Waals surface area contributed by atoms with Crippen molar-refractivity contribution in [3.05, 3.63) is 0 Å². The van der Waals surface area contributed by atoms with Gasteiger partial charge in [-0.1, -0.05) is 0 Å². The van der Waals surface area contributed by atoms with Gasteiger partial charge in [-0.05, 0) is 6.92 Å². The van der Waals surface area contributed by atoms with Crippen LogP contribution in [-0.2, 0) is 9.59 Å². The molecule has 10 heteroatoms. The lowest BCUT2D eigenvalue weighted by Crippen LogP contribution is -2.55. The molecule has 0 amide bonds. The van der Waals surface area contributed by atoms with Gasteiger partial charge in [0.15, 0.2) is 0 Å². The molecule has 2 nitrogen and oxygen atoms in total. The number of alkyl halides is 8. The Balaban J connectivity index is 0. The zero-order valence-corrected chi connectivity index (χ0v) is 9.80. The first kappa shape index (κ1) is 19.5. The smallest absolute Gasteiger partial charge is 0.299 e. The van der Waals surface area contributed by atoms with Crippen LogP contribution in [0.1, 0.15) is 13.8 Å². The van der Waals surface area contributed by atoms with Gasteiger partial charge < -0.3 is 0 Å². The monoisotopic (exact) mass is 304 g/mol. The highest BCUT2D eigenvalue weighted by Gasteiger charge is 2.75. The highest BCUT2D eigenvalue weighted by Crippen LogP contribution is 2.46. The predicted molar refractivity (Wildman–Crippen MR) is 48.0 cm³/mol. The summed E-state index contributed by atoms with van der Waals surface area (Å²) in [5.74, 6) is -14.4. The molecule has 18 heavy (non-hydrogen) atoms. The summed E-state index contributed by atoms with van der Waals surface area (Å²) in [4.78, 5) is 19.5. The average Bonchev–Trinajstić information content (AvgIpc) is 2.16. The topological polar surface area (TPSA) is 34.1 Å². The molecule has 0 N–H and O–H groups in total. The Kier molecular flexibility index (Phi) is 6.87. The fourth-order valence-electron chi connectivity index (χ4n) is 0.399. The molecule has 0 aromatic carbocycles. The van der Waals surface area contributed by atoms with Crippen LogP contribution in [0.3, 0.4) is 0 Å². The minimum atomic E-state index is -6.44. The Labute approximate surface area is 102 Å². The summed E-state index contributed by atoms with van der Waals surface area (Å²) < 4.78 is 81.6. The summed E-state index contributed by atoms with van der Waals surface area (Å²) in [6, 6.07) is 0. The standard InChI is InChI=1S/C5H3F7O.C3H5ClO/c1-2(13)3(6,7)4(8,9)5(10,11)12;1-3(5)2-4/h1H3;2H2,1H3. The molecule has 0 fully saturated rings. The Morgan fingerprint density at radius 2 is 1.22 bits per heavy atom. The Bertz CT molecular complexity index is 311. The van der Waals surface area contributed by atoms with E-state index >= 15 is 0 Å². The highest BCUT2D eigenvalue weighted by molar-refractivity contribution is 6.27. The largest absolute Gasteiger partial charge is 0.460 e. The predicted octanol–water partition coefficient (Wildman–Crippen LogP) is 3.22. The number of hydrogen-bond donors (Lipinski definition) is 0. The van der Waals surface area contributed by atoms with Crippen LogP contribution >= 0.6 is 11.6 Å². The lowest BCUT2D eigenvalue weighted by molar-refractivity contribution is -0.343. The van der Waals surface area contributed by atoms with Crippen molar-refractivity contribution in [2.24, 2.45) is 0 Å². The molecular weight excluding hydrogens is 297 g/mol. The fraction of sp³-hybridized carbons (Fsp3) is 0.750. The van der Waals surface area contributed by atoms with E-state index in [9.17, 15) is 40.3 Å². The van der Waals surface area contributed by atoms with E-state index in [2.05, 4.69) is 0 Å². The van der Waals surface area contributed by atoms with E-state index in [4.69, 9.17) is 11.6 Å². The van der Waals surface area contributed by atoms with Crippen LogP contribution in [0.5, 0.6) is 0 Å². The molecule has 0 aromatic heterocycles. The molecule has 0 spiro atoms. The van der Waals surface area contributed by atoms with Crippen molar-refractivity contribution in [3.8, 4) is 0 Å². The molecule has 0 aliphatic rings. The molecule has 0 rings (SSSR count). The molecule has 0 saturated heterocycles. The molecule has 0 aromatic rings. The number of rotatable bonds is 3. The first-order valence-corrected chi connectivity index (χ1v) is 4.64. The van der Waals surface area contributed by atoms with Gasteiger partial charge in [-0.15, -0.1) is 11.6 Å². The van der Waals surface area contributed by atoms with Crippen LogP contribution < -0.4 is 0 Å². The van der Waals surface area contributed by atoms with E-state index in [0.717, 1.165) is 0 Å². The van der Waals surface area contributed by atoms with Crippen molar-refractivity contribution in [2.45, 2.75) is 31.9 Å². The van der Waals surface area contributed by atoms with Gasteiger partial charge in [-0.25, -0.2) is 0 Å². The van der Waals surface area contributed by atoms with Crippen molar-refractivity contribution in [1.82, 2.24) is 0 Å². The third-order valence-electron chi connectivity index (χ3n) is 1.38. The maximum Gasteiger partial charge on any atom is 0.460 e. The second kappa shape index (κ2) is 6.35. The summed E-state index contributed by atoms with van der Waals surface area (Å²) in [7, 11) is 0. The average molecular weight is 305 g/mol. The molecule has 108 valence electrons. The molecule has 0 aliphatic heterocycles. The lowest BCUT2D eigenvalue weighted by atomic mass is 10.1. The first-order valence-electron chi connectivity index (χ1n) is 4.10. The van der Waals surface area contributed by atoms with E-state index in [0.29, 0.717) is 0 Å². The van der Waals surface area contributed by atoms with Gasteiger partial charge in [0.1, 0.15) is 5.78 Å². The molecular formula is C8H8ClF7O2. The zero-order chi connectivity index (χ0) is 15.4. The molecule has 0 atom stereocenters. The van der Waals surface area contributed by atoms with Gasteiger partial charge in [0.2, 0.25) is 5.78 Å². The van der Waals surface area contributed by atoms with Crippen LogP contribution in [0, 0.1) is 0 Å². The number of carbonyl (C=O) groups excluding carboxylic acids is 2. The normalized spacial score (nSPS) is 12.6. The Morgan fingerprint density at radius 1 is 0.944 bits per heavy atom. The van der Waals surface area contributed by atoms with Gasteiger partial charge in [-0.2, -0.15) is 30.7 Å². The second-order valence-corrected chi connectivity index (χ2v) is 3.31. The molecule has 0 saturated carbocycles. The maximum absolute atomic E-state index is 12.0. The number of carbonyl (C=O) groups is 2. The molecule has 0 radical (unpaired) electrons. The van der Waals surface area contributed by atoms with Crippen molar-refractivity contribution in [1.29, 1.82) is 0 Å². The molecule has 0 aliphatic carbocycles. The van der Waals surface area contributed by atoms with Crippen molar-refractivity contribution in [2.75, 3.05) is 5.88 Å². The number of Topliss-reactive ketones (excluding diaryl/α,β-unsaturated/α-hetero) is 2. The lowest BCUT2D eigenvalue weighted by Gasteiger charge is -2.25. The van der Waals surface area contributed by atoms with Crippen LogP contribution in [0.15, 0.2) is 0 Å². The number of hydrogen-bond acceptors (Lipinski definition) is 2. The first-order chi connectivity index (χ1) is 7.71. The summed E-state index contributed by atoms with van der Waals surface area (Å²) in [6.07, 6.45) is -6.44. The summed E-state index contributed by atoms with van der Waals surface area (Å²) in [5, 5.41) is 0. The summed E-state index contributed by atoms with van der Waals surface area (Å²) in [5.41, 5.74) is 0. The van der Waals surface area contributed by atoms with Crippen LogP contribution in [0.25, 0.3) is 0 Å². The minimum absolute atomic E-state index is 0.0201. The van der Waals surface area contributed by atoms with E-state index in [-0.39, 0.29) is 18.6 Å². The van der Waals surface area contributed by atoms with E-state index in [1.165, 1.54) is 6.92 Å². The van der Waals surface area contributed by atoms with Crippen LogP contribution in [0.4, 0.5) is 30.7 Å². The van der Waals surface area contributed by atoms with Gasteiger partial charge in [-0.3, -0.25) is 9.59 Å². The SMILES string of the molecule is CC(=O)C(F)(F)C(F)(F)C(F)(F)F.CC(=O)CCl. The van der Waals surface area contributed by atoms with E-state index in [1.54, 1.807) is 0 Å². The van der Waals surface area contributed by atoms with Gasteiger partial charge in [0, 0.05) is 6.92 Å². The molecule has 0 heterocycles. The highest BCUT2D eigenvalue weighted by atomic mass is 35.5. The van der Waals surface area contributed by atoms with Crippen molar-refractivity contribution in [3.63, 3.8) is 0 Å². The third-order valence-corrected chi connectivity index (χ3v) is 1.76. The van der Waals surface area contributed by atoms with Gasteiger partial charge in [0.25, 0.3) is 0 Å². The summed E-state index contributed by atoms with van der Waals surface area (Å²) >= 11 is 4.99. The molecule has 0 unspecified atom stereocenters.